The van der Waals surface area contributed by atoms with Crippen LogP contribution in [0, 0.1) is 6.57 Å². The molecule has 172 valence electrons. The Bertz CT molecular complexity index is 1250. The molecule has 2 atom stereocenters. The standard InChI is InChI=1S/C26H20F3N3O2/c1-17(18-7-4-3-5-8-18)31-23-16-24(19-9-6-10-22(15-19)34-26(27,28)29)32(25(23)33)21-13-11-20(30-2)12-14-21/h3-17,24,31H,1H3/t17-,24-/m1/s1. The van der Waals surface area contributed by atoms with E-state index in [0.717, 1.165) is 5.56 Å². The van der Waals surface area contributed by atoms with Crippen molar-refractivity contribution in [3.8, 4) is 5.75 Å². The lowest BCUT2D eigenvalue weighted by molar-refractivity contribution is -0.274. The third kappa shape index (κ3) is 5.04. The summed E-state index contributed by atoms with van der Waals surface area (Å²) in [7, 11) is 0. The summed E-state index contributed by atoms with van der Waals surface area (Å²) in [4.78, 5) is 18.3. The van der Waals surface area contributed by atoms with Crippen molar-refractivity contribution < 1.29 is 22.7 Å². The van der Waals surface area contributed by atoms with Crippen LogP contribution in [0.3, 0.4) is 0 Å². The van der Waals surface area contributed by atoms with Gasteiger partial charge in [-0.05, 0) is 48.4 Å². The van der Waals surface area contributed by atoms with Crippen LogP contribution < -0.4 is 15.0 Å². The molecule has 0 saturated carbocycles. The van der Waals surface area contributed by atoms with Gasteiger partial charge in [-0.3, -0.25) is 9.69 Å². The summed E-state index contributed by atoms with van der Waals surface area (Å²) in [5, 5.41) is 3.23. The maximum atomic E-state index is 13.4. The number of alkyl halides is 3. The molecule has 0 fully saturated rings. The normalized spacial score (nSPS) is 16.6. The zero-order valence-corrected chi connectivity index (χ0v) is 18.1. The number of hydrogen-bond acceptors (Lipinski definition) is 3. The SMILES string of the molecule is [C-]#[N+]c1ccc(N2C(=O)C(N[C@H](C)c3ccccc3)=C[C@@H]2c2cccc(OC(F)(F)F)c2)cc1. The van der Waals surface area contributed by atoms with E-state index < -0.39 is 12.4 Å². The van der Waals surface area contributed by atoms with E-state index in [4.69, 9.17) is 6.57 Å². The highest BCUT2D eigenvalue weighted by Gasteiger charge is 2.36. The van der Waals surface area contributed by atoms with Crippen molar-refractivity contribution >= 4 is 17.3 Å². The van der Waals surface area contributed by atoms with Gasteiger partial charge in [-0.1, -0.05) is 54.6 Å². The van der Waals surface area contributed by atoms with Crippen molar-refractivity contribution in [2.24, 2.45) is 0 Å². The second kappa shape index (κ2) is 9.32. The van der Waals surface area contributed by atoms with E-state index in [2.05, 4.69) is 14.9 Å². The van der Waals surface area contributed by atoms with Crippen LogP contribution in [0.5, 0.6) is 5.75 Å². The second-order valence-electron chi connectivity index (χ2n) is 7.73. The number of carbonyl (C=O) groups excluding carboxylic acids is 1. The minimum absolute atomic E-state index is 0.179. The second-order valence-corrected chi connectivity index (χ2v) is 7.73. The molecule has 1 N–H and O–H groups in total. The minimum Gasteiger partial charge on any atom is -0.406 e. The van der Waals surface area contributed by atoms with E-state index in [-0.39, 0.29) is 17.7 Å². The zero-order chi connectivity index (χ0) is 24.3. The average molecular weight is 463 g/mol. The lowest BCUT2D eigenvalue weighted by Gasteiger charge is -2.26. The Morgan fingerprint density at radius 1 is 1.03 bits per heavy atom. The van der Waals surface area contributed by atoms with Gasteiger partial charge in [-0.25, -0.2) is 4.85 Å². The molecule has 1 aliphatic heterocycles. The molecule has 0 aromatic heterocycles. The molecule has 3 aromatic carbocycles. The maximum absolute atomic E-state index is 13.4. The number of hydrogen-bond donors (Lipinski definition) is 1. The fraction of sp³-hybridized carbons (Fsp3) is 0.154. The zero-order valence-electron chi connectivity index (χ0n) is 18.1. The summed E-state index contributed by atoms with van der Waals surface area (Å²) in [6.07, 6.45) is -3.13. The number of nitrogens with zero attached hydrogens (tertiary/aromatic N) is 2. The number of rotatable bonds is 6. The van der Waals surface area contributed by atoms with Gasteiger partial charge in [-0.2, -0.15) is 0 Å². The van der Waals surface area contributed by atoms with Gasteiger partial charge < -0.3 is 10.1 Å². The van der Waals surface area contributed by atoms with E-state index in [0.29, 0.717) is 22.6 Å². The summed E-state index contributed by atoms with van der Waals surface area (Å²) in [5.41, 5.74) is 2.70. The highest BCUT2D eigenvalue weighted by molar-refractivity contribution is 6.09. The van der Waals surface area contributed by atoms with Crippen molar-refractivity contribution in [2.45, 2.75) is 25.4 Å². The van der Waals surface area contributed by atoms with Gasteiger partial charge in [0.05, 0.1) is 18.3 Å². The summed E-state index contributed by atoms with van der Waals surface area (Å²) in [6, 6.07) is 20.8. The minimum atomic E-state index is -4.83. The van der Waals surface area contributed by atoms with E-state index in [1.165, 1.54) is 23.1 Å². The quantitative estimate of drug-likeness (QED) is 0.427. The smallest absolute Gasteiger partial charge is 0.406 e. The first-order valence-electron chi connectivity index (χ1n) is 10.5. The van der Waals surface area contributed by atoms with Crippen LogP contribution in [0.15, 0.2) is 90.6 Å². The molecule has 0 radical (unpaired) electrons. The summed E-state index contributed by atoms with van der Waals surface area (Å²) in [6.45, 7) is 9.06. The number of carbonyl (C=O) groups is 1. The van der Waals surface area contributed by atoms with E-state index >= 15 is 0 Å². The molecule has 4 rings (SSSR count). The van der Waals surface area contributed by atoms with Gasteiger partial charge >= 0.3 is 6.36 Å². The Kier molecular flexibility index (Phi) is 6.28. The van der Waals surface area contributed by atoms with E-state index in [1.54, 1.807) is 36.4 Å². The third-order valence-corrected chi connectivity index (χ3v) is 5.41. The average Bonchev–Trinajstić information content (AvgIpc) is 3.14. The largest absolute Gasteiger partial charge is 0.573 e. The van der Waals surface area contributed by atoms with Gasteiger partial charge in [-0.15, -0.1) is 13.2 Å². The lowest BCUT2D eigenvalue weighted by Crippen LogP contribution is -2.33. The number of ether oxygens (including phenoxy) is 1. The molecule has 0 saturated heterocycles. The predicted molar refractivity (Wildman–Crippen MR) is 122 cm³/mol. The molecule has 34 heavy (non-hydrogen) atoms. The third-order valence-electron chi connectivity index (χ3n) is 5.41. The maximum Gasteiger partial charge on any atom is 0.573 e. The number of anilines is 1. The van der Waals surface area contributed by atoms with Crippen molar-refractivity contribution in [2.75, 3.05) is 4.90 Å². The molecule has 3 aromatic rings. The van der Waals surface area contributed by atoms with Crippen LogP contribution in [-0.2, 0) is 4.79 Å². The monoisotopic (exact) mass is 463 g/mol. The first-order chi connectivity index (χ1) is 16.2. The number of nitrogens with one attached hydrogen (secondary N) is 1. The molecular weight excluding hydrogens is 443 g/mol. The fourth-order valence-electron chi connectivity index (χ4n) is 3.83. The first kappa shape index (κ1) is 22.9. The molecular formula is C26H20F3N3O2. The van der Waals surface area contributed by atoms with Crippen LogP contribution in [-0.4, -0.2) is 12.3 Å². The van der Waals surface area contributed by atoms with E-state index in [9.17, 15) is 18.0 Å². The molecule has 0 spiro atoms. The molecule has 1 aliphatic rings. The van der Waals surface area contributed by atoms with Crippen molar-refractivity contribution in [3.05, 3.63) is 113 Å². The lowest BCUT2D eigenvalue weighted by atomic mass is 10.1. The Morgan fingerprint density at radius 2 is 1.74 bits per heavy atom. The fourth-order valence-corrected chi connectivity index (χ4v) is 3.83. The van der Waals surface area contributed by atoms with Crippen LogP contribution >= 0.6 is 0 Å². The predicted octanol–water partition coefficient (Wildman–Crippen LogP) is 6.46. The van der Waals surface area contributed by atoms with Crippen LogP contribution in [0.4, 0.5) is 24.5 Å². The van der Waals surface area contributed by atoms with Gasteiger partial charge in [0, 0.05) is 11.7 Å². The number of halogens is 3. The Labute approximate surface area is 194 Å². The van der Waals surface area contributed by atoms with Crippen LogP contribution in [0.2, 0.25) is 0 Å². The number of benzene rings is 3. The molecule has 8 heteroatoms. The van der Waals surface area contributed by atoms with Crippen molar-refractivity contribution in [3.63, 3.8) is 0 Å². The van der Waals surface area contributed by atoms with E-state index in [1.807, 2.05) is 37.3 Å². The van der Waals surface area contributed by atoms with Gasteiger partial charge in [0.1, 0.15) is 5.75 Å². The first-order valence-corrected chi connectivity index (χ1v) is 10.5. The Hall–Kier alpha value is -4.25. The highest BCUT2D eigenvalue weighted by Crippen LogP contribution is 2.38. The number of amides is 1. The molecule has 0 aliphatic carbocycles. The summed E-state index contributed by atoms with van der Waals surface area (Å²) >= 11 is 0. The highest BCUT2D eigenvalue weighted by atomic mass is 19.4. The van der Waals surface area contributed by atoms with Crippen LogP contribution in [0.25, 0.3) is 4.85 Å². The van der Waals surface area contributed by atoms with Gasteiger partial charge in [0.25, 0.3) is 5.91 Å². The summed E-state index contributed by atoms with van der Waals surface area (Å²) in [5.74, 6) is -0.696. The van der Waals surface area contributed by atoms with Crippen molar-refractivity contribution in [1.29, 1.82) is 0 Å². The van der Waals surface area contributed by atoms with Gasteiger partial charge in [0.2, 0.25) is 0 Å². The van der Waals surface area contributed by atoms with Gasteiger partial charge in [0.15, 0.2) is 5.69 Å². The molecule has 1 heterocycles. The summed E-state index contributed by atoms with van der Waals surface area (Å²) < 4.78 is 42.4. The Balaban J connectivity index is 1.70. The molecule has 5 nitrogen and oxygen atoms in total. The molecule has 0 bridgehead atoms. The van der Waals surface area contributed by atoms with Crippen LogP contribution in [0.1, 0.15) is 30.1 Å². The van der Waals surface area contributed by atoms with Crippen molar-refractivity contribution in [1.82, 2.24) is 5.32 Å². The molecule has 0 unspecified atom stereocenters. The molecule has 1 amide bonds. The Morgan fingerprint density at radius 3 is 2.38 bits per heavy atom. The topological polar surface area (TPSA) is 45.9 Å².